The van der Waals surface area contributed by atoms with Crippen LogP contribution in [0.3, 0.4) is 0 Å². The Morgan fingerprint density at radius 1 is 0.875 bits per heavy atom. The number of methoxy groups -OCH3 is 1. The van der Waals surface area contributed by atoms with Crippen molar-refractivity contribution >= 4 is 34.0 Å². The van der Waals surface area contributed by atoms with E-state index in [0.717, 1.165) is 10.8 Å². The first-order valence-electron chi connectivity index (χ1n) is 9.81. The summed E-state index contributed by atoms with van der Waals surface area (Å²) in [7, 11) is 1.58. The van der Waals surface area contributed by atoms with E-state index in [9.17, 15) is 9.59 Å². The van der Waals surface area contributed by atoms with Gasteiger partial charge in [0, 0.05) is 27.7 Å². The summed E-state index contributed by atoms with van der Waals surface area (Å²) in [6, 6.07) is 21.1. The predicted octanol–water partition coefficient (Wildman–Crippen LogP) is 3.91. The Morgan fingerprint density at radius 2 is 1.56 bits per heavy atom. The first-order valence-corrected chi connectivity index (χ1v) is 9.81. The molecule has 0 atom stereocenters. The molecule has 0 unspecified atom stereocenters. The zero-order chi connectivity index (χ0) is 22.3. The van der Waals surface area contributed by atoms with Crippen LogP contribution in [0.1, 0.15) is 10.4 Å². The van der Waals surface area contributed by atoms with Gasteiger partial charge in [-0.05, 0) is 54.6 Å². The molecular formula is C24H20N4O4. The van der Waals surface area contributed by atoms with E-state index in [0.29, 0.717) is 28.6 Å². The number of ether oxygens (including phenoxy) is 2. The smallest absolute Gasteiger partial charge is 0.262 e. The molecule has 3 aromatic carbocycles. The average molecular weight is 428 g/mol. The number of amides is 2. The van der Waals surface area contributed by atoms with E-state index in [1.807, 2.05) is 24.3 Å². The van der Waals surface area contributed by atoms with E-state index in [2.05, 4.69) is 20.8 Å². The second-order valence-corrected chi connectivity index (χ2v) is 6.83. The van der Waals surface area contributed by atoms with Crippen LogP contribution in [0.25, 0.3) is 10.8 Å². The third kappa shape index (κ3) is 4.99. The third-order valence-corrected chi connectivity index (χ3v) is 4.66. The van der Waals surface area contributed by atoms with Gasteiger partial charge in [0.25, 0.3) is 11.8 Å². The largest absolute Gasteiger partial charge is 0.497 e. The van der Waals surface area contributed by atoms with E-state index >= 15 is 0 Å². The third-order valence-electron chi connectivity index (χ3n) is 4.66. The van der Waals surface area contributed by atoms with Crippen molar-refractivity contribution in [2.45, 2.75) is 0 Å². The lowest BCUT2D eigenvalue weighted by atomic mass is 10.2. The van der Waals surface area contributed by atoms with Crippen molar-refractivity contribution < 1.29 is 19.1 Å². The summed E-state index contributed by atoms with van der Waals surface area (Å²) < 4.78 is 10.6. The molecule has 4 rings (SSSR count). The van der Waals surface area contributed by atoms with Gasteiger partial charge in [-0.25, -0.2) is 0 Å². The Balaban J connectivity index is 1.32. The predicted molar refractivity (Wildman–Crippen MR) is 121 cm³/mol. The number of aromatic nitrogens is 2. The number of fused-ring (bicyclic) bond motifs is 1. The van der Waals surface area contributed by atoms with Gasteiger partial charge in [-0.1, -0.05) is 18.2 Å². The van der Waals surface area contributed by atoms with Crippen LogP contribution in [0, 0.1) is 0 Å². The van der Waals surface area contributed by atoms with Crippen molar-refractivity contribution in [3.05, 3.63) is 84.6 Å². The van der Waals surface area contributed by atoms with Crippen molar-refractivity contribution in [1.82, 2.24) is 10.2 Å². The summed E-state index contributed by atoms with van der Waals surface area (Å²) in [6.07, 6.45) is 1.63. The Bertz CT molecular complexity index is 1240. The first kappa shape index (κ1) is 20.8. The Hall–Kier alpha value is -4.46. The molecule has 0 saturated heterocycles. The summed E-state index contributed by atoms with van der Waals surface area (Å²) >= 11 is 0. The maximum absolute atomic E-state index is 12.4. The molecule has 8 heteroatoms. The van der Waals surface area contributed by atoms with E-state index < -0.39 is 0 Å². The lowest BCUT2D eigenvalue weighted by molar-refractivity contribution is -0.118. The van der Waals surface area contributed by atoms with E-state index in [-0.39, 0.29) is 18.4 Å². The maximum atomic E-state index is 12.4. The highest BCUT2D eigenvalue weighted by Crippen LogP contribution is 2.21. The number of nitrogens with zero attached hydrogens (tertiary/aromatic N) is 2. The first-order chi connectivity index (χ1) is 15.6. The Kier molecular flexibility index (Phi) is 6.22. The van der Waals surface area contributed by atoms with E-state index in [1.165, 1.54) is 0 Å². The number of anilines is 2. The van der Waals surface area contributed by atoms with Gasteiger partial charge in [0.05, 0.1) is 13.3 Å². The highest BCUT2D eigenvalue weighted by atomic mass is 16.5. The number of carbonyl (C=O) groups is 2. The molecule has 0 spiro atoms. The molecule has 0 aliphatic rings. The van der Waals surface area contributed by atoms with Crippen molar-refractivity contribution in [1.29, 1.82) is 0 Å². The van der Waals surface area contributed by atoms with Gasteiger partial charge >= 0.3 is 0 Å². The number of nitrogens with one attached hydrogen (secondary N) is 2. The zero-order valence-corrected chi connectivity index (χ0v) is 17.2. The number of hydrogen-bond donors (Lipinski definition) is 2. The second-order valence-electron chi connectivity index (χ2n) is 6.83. The van der Waals surface area contributed by atoms with Gasteiger partial charge in [0.1, 0.15) is 5.75 Å². The van der Waals surface area contributed by atoms with Crippen molar-refractivity contribution in [2.24, 2.45) is 0 Å². The van der Waals surface area contributed by atoms with E-state index in [1.54, 1.807) is 61.8 Å². The maximum Gasteiger partial charge on any atom is 0.262 e. The van der Waals surface area contributed by atoms with Crippen LogP contribution in [0.4, 0.5) is 11.4 Å². The quantitative estimate of drug-likeness (QED) is 0.463. The zero-order valence-electron chi connectivity index (χ0n) is 17.2. The summed E-state index contributed by atoms with van der Waals surface area (Å²) in [4.78, 5) is 24.7. The van der Waals surface area contributed by atoms with Crippen LogP contribution in [0.2, 0.25) is 0 Å². The molecular weight excluding hydrogens is 408 g/mol. The minimum absolute atomic E-state index is 0.220. The fourth-order valence-corrected chi connectivity index (χ4v) is 3.02. The van der Waals surface area contributed by atoms with Gasteiger partial charge in [-0.2, -0.15) is 5.10 Å². The summed E-state index contributed by atoms with van der Waals surface area (Å²) in [5.74, 6) is 0.393. The number of carbonyl (C=O) groups excluding carboxylic acids is 2. The van der Waals surface area contributed by atoms with Gasteiger partial charge in [0.15, 0.2) is 6.61 Å². The minimum Gasteiger partial charge on any atom is -0.497 e. The van der Waals surface area contributed by atoms with Gasteiger partial charge in [-0.3, -0.25) is 9.59 Å². The van der Waals surface area contributed by atoms with Crippen molar-refractivity contribution in [2.75, 3.05) is 24.4 Å². The lowest BCUT2D eigenvalue weighted by Gasteiger charge is -2.09. The minimum atomic E-state index is -0.352. The summed E-state index contributed by atoms with van der Waals surface area (Å²) in [5.41, 5.74) is 1.66. The molecule has 1 heterocycles. The van der Waals surface area contributed by atoms with Crippen LogP contribution in [0.5, 0.6) is 11.6 Å². The van der Waals surface area contributed by atoms with Gasteiger partial charge in [0.2, 0.25) is 5.88 Å². The van der Waals surface area contributed by atoms with Crippen LogP contribution in [-0.2, 0) is 4.79 Å². The van der Waals surface area contributed by atoms with Crippen molar-refractivity contribution in [3.8, 4) is 11.6 Å². The molecule has 8 nitrogen and oxygen atoms in total. The van der Waals surface area contributed by atoms with Gasteiger partial charge < -0.3 is 20.1 Å². The molecule has 0 aliphatic carbocycles. The monoisotopic (exact) mass is 428 g/mol. The fraction of sp³-hybridized carbons (Fsp3) is 0.0833. The Morgan fingerprint density at radius 3 is 2.31 bits per heavy atom. The van der Waals surface area contributed by atoms with Crippen LogP contribution >= 0.6 is 0 Å². The standard InChI is InChI=1S/C24H20N4O4/c1-31-20-12-10-19(11-13-20)27-23(30)16-6-8-18(9-7-16)26-22(29)15-32-24-21-5-3-2-4-17(21)14-25-28-24/h2-14H,15H2,1H3,(H,26,29)(H,27,30). The van der Waals surface area contributed by atoms with Crippen LogP contribution < -0.4 is 20.1 Å². The van der Waals surface area contributed by atoms with Gasteiger partial charge in [-0.15, -0.1) is 5.10 Å². The highest BCUT2D eigenvalue weighted by molar-refractivity contribution is 6.04. The number of hydrogen-bond acceptors (Lipinski definition) is 6. The highest BCUT2D eigenvalue weighted by Gasteiger charge is 2.10. The average Bonchev–Trinajstić information content (AvgIpc) is 2.83. The normalized spacial score (nSPS) is 10.4. The summed E-state index contributed by atoms with van der Waals surface area (Å²) in [6.45, 7) is -0.220. The molecule has 32 heavy (non-hydrogen) atoms. The lowest BCUT2D eigenvalue weighted by Crippen LogP contribution is -2.20. The van der Waals surface area contributed by atoms with E-state index in [4.69, 9.17) is 9.47 Å². The topological polar surface area (TPSA) is 102 Å². The van der Waals surface area contributed by atoms with Crippen molar-refractivity contribution in [3.63, 3.8) is 0 Å². The molecule has 2 amide bonds. The molecule has 0 fully saturated rings. The molecule has 4 aromatic rings. The Labute approximate surface area is 184 Å². The molecule has 0 aliphatic heterocycles. The molecule has 2 N–H and O–H groups in total. The van der Waals surface area contributed by atoms with Crippen LogP contribution in [0.15, 0.2) is 79.0 Å². The number of rotatable bonds is 7. The summed E-state index contributed by atoms with van der Waals surface area (Å²) in [5, 5.41) is 15.0. The second kappa shape index (κ2) is 9.57. The molecule has 0 saturated carbocycles. The number of benzene rings is 3. The fourth-order valence-electron chi connectivity index (χ4n) is 3.02. The molecule has 0 bridgehead atoms. The van der Waals surface area contributed by atoms with Crippen LogP contribution in [-0.4, -0.2) is 35.7 Å². The molecule has 1 aromatic heterocycles. The molecule has 160 valence electrons. The molecule has 0 radical (unpaired) electrons. The SMILES string of the molecule is COc1ccc(NC(=O)c2ccc(NC(=O)COc3nncc4ccccc34)cc2)cc1.